The van der Waals surface area contributed by atoms with Crippen LogP contribution in [-0.4, -0.2) is 23.2 Å². The number of rotatable bonds is 10. The summed E-state index contributed by atoms with van der Waals surface area (Å²) in [6.45, 7) is 1.90. The van der Waals surface area contributed by atoms with E-state index in [1.54, 1.807) is 6.07 Å². The minimum atomic E-state index is 0.0686. The van der Waals surface area contributed by atoms with Gasteiger partial charge in [-0.05, 0) is 47.5 Å². The first-order valence-corrected chi connectivity index (χ1v) is 11.9. The van der Waals surface area contributed by atoms with Gasteiger partial charge < -0.3 is 24.9 Å². The smallest absolute Gasteiger partial charge is 0.127 e. The lowest BCUT2D eigenvalue weighted by Crippen LogP contribution is -2.18. The number of H-pyrrole nitrogens is 1. The minimum absolute atomic E-state index is 0.0686. The van der Waals surface area contributed by atoms with Gasteiger partial charge in [-0.2, -0.15) is 5.26 Å². The summed E-state index contributed by atoms with van der Waals surface area (Å²) in [6, 6.07) is 30.0. The van der Waals surface area contributed by atoms with Gasteiger partial charge in [0.15, 0.2) is 0 Å². The molecule has 5 rings (SSSR count). The summed E-state index contributed by atoms with van der Waals surface area (Å²) in [7, 11) is 0. The topological polar surface area (TPSA) is 90.3 Å². The molecule has 0 saturated heterocycles. The number of aliphatic hydroxyl groups excluding tert-OH is 1. The predicted molar refractivity (Wildman–Crippen MR) is 141 cm³/mol. The summed E-state index contributed by atoms with van der Waals surface area (Å²) in [6.07, 6.45) is 0. The Morgan fingerprint density at radius 1 is 0.806 bits per heavy atom. The molecule has 0 aliphatic rings. The number of nitrogens with zero attached hydrogens (tertiary/aromatic N) is 1. The maximum atomic E-state index is 9.16. The Balaban J connectivity index is 1.33. The van der Waals surface area contributed by atoms with E-state index in [1.165, 1.54) is 10.8 Å². The van der Waals surface area contributed by atoms with E-state index in [0.29, 0.717) is 43.4 Å². The molecule has 5 aromatic rings. The molecule has 6 heteroatoms. The largest absolute Gasteiger partial charge is 0.489 e. The monoisotopic (exact) mass is 477 g/mol. The van der Waals surface area contributed by atoms with E-state index in [0.717, 1.165) is 27.7 Å². The zero-order chi connectivity index (χ0) is 24.7. The van der Waals surface area contributed by atoms with Gasteiger partial charge in [0, 0.05) is 46.5 Å². The number of nitrogens with one attached hydrogen (secondary N) is 2. The molecular weight excluding hydrogens is 450 g/mol. The summed E-state index contributed by atoms with van der Waals surface area (Å²) < 4.78 is 12.3. The lowest BCUT2D eigenvalue weighted by atomic mass is 10.1. The second-order valence-corrected chi connectivity index (χ2v) is 8.61. The number of aromatic nitrogens is 1. The van der Waals surface area contributed by atoms with Crippen LogP contribution in [0, 0.1) is 11.3 Å². The highest BCUT2D eigenvalue weighted by Gasteiger charge is 2.09. The summed E-state index contributed by atoms with van der Waals surface area (Å²) in [5.41, 5.74) is 5.80. The molecule has 3 N–H and O–H groups in total. The normalized spacial score (nSPS) is 11.0. The third-order valence-electron chi connectivity index (χ3n) is 6.07. The Morgan fingerprint density at radius 2 is 1.64 bits per heavy atom. The van der Waals surface area contributed by atoms with Crippen LogP contribution in [0.15, 0.2) is 84.9 Å². The number of aliphatic hydroxyl groups is 1. The molecule has 0 fully saturated rings. The molecule has 6 nitrogen and oxygen atoms in total. The Bertz CT molecular complexity index is 1530. The number of nitriles is 1. The quantitative estimate of drug-likeness (QED) is 0.233. The van der Waals surface area contributed by atoms with Gasteiger partial charge in [-0.15, -0.1) is 0 Å². The minimum Gasteiger partial charge on any atom is -0.489 e. The van der Waals surface area contributed by atoms with Crippen LogP contribution in [0.25, 0.3) is 21.8 Å². The van der Waals surface area contributed by atoms with Gasteiger partial charge in [0.05, 0.1) is 18.2 Å². The van der Waals surface area contributed by atoms with Crippen LogP contribution in [0.3, 0.4) is 0 Å². The molecule has 180 valence electrons. The Kier molecular flexibility index (Phi) is 7.13. The van der Waals surface area contributed by atoms with Crippen molar-refractivity contribution in [1.29, 1.82) is 5.26 Å². The van der Waals surface area contributed by atoms with Crippen molar-refractivity contribution in [3.05, 3.63) is 107 Å². The Hall–Kier alpha value is -4.31. The molecule has 36 heavy (non-hydrogen) atoms. The van der Waals surface area contributed by atoms with Crippen molar-refractivity contribution in [3.63, 3.8) is 0 Å². The molecular formula is C30H27N3O3. The van der Waals surface area contributed by atoms with Gasteiger partial charge in [-0.3, -0.25) is 0 Å². The van der Waals surface area contributed by atoms with Crippen LogP contribution in [-0.2, 0) is 19.8 Å². The lowest BCUT2D eigenvalue weighted by Gasteiger charge is -2.15. The van der Waals surface area contributed by atoms with Crippen LogP contribution in [0.4, 0.5) is 0 Å². The van der Waals surface area contributed by atoms with Crippen molar-refractivity contribution in [1.82, 2.24) is 10.3 Å². The highest BCUT2D eigenvalue weighted by molar-refractivity contribution is 6.07. The second kappa shape index (κ2) is 11.0. The Morgan fingerprint density at radius 3 is 2.53 bits per heavy atom. The number of fused-ring (bicyclic) bond motifs is 3. The van der Waals surface area contributed by atoms with E-state index in [9.17, 15) is 0 Å². The summed E-state index contributed by atoms with van der Waals surface area (Å²) in [5, 5.41) is 23.8. The highest BCUT2D eigenvalue weighted by atomic mass is 16.5. The van der Waals surface area contributed by atoms with E-state index in [1.807, 2.05) is 48.5 Å². The molecule has 0 unspecified atom stereocenters. The van der Waals surface area contributed by atoms with Gasteiger partial charge >= 0.3 is 0 Å². The Labute approximate surface area is 209 Å². The summed E-state index contributed by atoms with van der Waals surface area (Å²) >= 11 is 0. The van der Waals surface area contributed by atoms with Gasteiger partial charge in [0.25, 0.3) is 0 Å². The zero-order valence-corrected chi connectivity index (χ0v) is 19.8. The molecule has 0 radical (unpaired) electrons. The number of hydrogen-bond acceptors (Lipinski definition) is 5. The number of hydrogen-bond donors (Lipinski definition) is 3. The number of aromatic amines is 1. The van der Waals surface area contributed by atoms with Crippen LogP contribution in [0.1, 0.15) is 22.3 Å². The molecule has 0 amide bonds. The number of ether oxygens (including phenoxy) is 2. The maximum absolute atomic E-state index is 9.16. The third kappa shape index (κ3) is 5.33. The van der Waals surface area contributed by atoms with Crippen molar-refractivity contribution < 1.29 is 14.6 Å². The highest BCUT2D eigenvalue weighted by Crippen LogP contribution is 2.29. The van der Waals surface area contributed by atoms with E-state index >= 15 is 0 Å². The molecule has 1 aromatic heterocycles. The van der Waals surface area contributed by atoms with Crippen LogP contribution < -0.4 is 14.8 Å². The fraction of sp³-hybridized carbons (Fsp3) is 0.167. The van der Waals surface area contributed by atoms with Crippen molar-refractivity contribution >= 4 is 21.8 Å². The van der Waals surface area contributed by atoms with Gasteiger partial charge in [-0.25, -0.2) is 0 Å². The SMILES string of the molecule is N#Cc1cccc(COc2cc(OCc3ccc4[nH]c5ccccc5c4c3)ccc2CNCCO)c1. The third-order valence-corrected chi connectivity index (χ3v) is 6.07. The molecule has 0 bridgehead atoms. The molecule has 0 aliphatic carbocycles. The average Bonchev–Trinajstić information content (AvgIpc) is 3.29. The van der Waals surface area contributed by atoms with Crippen molar-refractivity contribution in [3.8, 4) is 17.6 Å². The van der Waals surface area contributed by atoms with E-state index in [4.69, 9.17) is 19.8 Å². The lowest BCUT2D eigenvalue weighted by molar-refractivity contribution is 0.283. The average molecular weight is 478 g/mol. The van der Waals surface area contributed by atoms with Gasteiger partial charge in [-0.1, -0.05) is 42.5 Å². The van der Waals surface area contributed by atoms with Crippen molar-refractivity contribution in [2.45, 2.75) is 19.8 Å². The molecule has 1 heterocycles. The van der Waals surface area contributed by atoms with Crippen molar-refractivity contribution in [2.24, 2.45) is 0 Å². The zero-order valence-electron chi connectivity index (χ0n) is 19.8. The van der Waals surface area contributed by atoms with Crippen LogP contribution in [0.5, 0.6) is 11.5 Å². The predicted octanol–water partition coefficient (Wildman–Crippen LogP) is 5.43. The number of benzene rings is 4. The van der Waals surface area contributed by atoms with E-state index in [-0.39, 0.29) is 6.61 Å². The van der Waals surface area contributed by atoms with Crippen LogP contribution in [0.2, 0.25) is 0 Å². The first-order valence-electron chi connectivity index (χ1n) is 11.9. The van der Waals surface area contributed by atoms with Gasteiger partial charge in [0.2, 0.25) is 0 Å². The molecule has 4 aromatic carbocycles. The fourth-order valence-electron chi connectivity index (χ4n) is 4.25. The fourth-order valence-corrected chi connectivity index (χ4v) is 4.25. The van der Waals surface area contributed by atoms with Gasteiger partial charge in [0.1, 0.15) is 24.7 Å². The van der Waals surface area contributed by atoms with E-state index < -0.39 is 0 Å². The van der Waals surface area contributed by atoms with Crippen LogP contribution >= 0.6 is 0 Å². The summed E-state index contributed by atoms with van der Waals surface area (Å²) in [4.78, 5) is 3.45. The standard InChI is InChI=1S/C30H27N3O3/c31-17-21-4-3-5-22(14-21)20-36-30-16-25(10-9-24(30)18-32-12-13-34)35-19-23-8-11-29-27(15-23)26-6-1-2-7-28(26)33-29/h1-11,14-16,32-34H,12-13,18-20H2. The molecule has 0 atom stereocenters. The first-order chi connectivity index (χ1) is 17.7. The maximum Gasteiger partial charge on any atom is 0.127 e. The van der Waals surface area contributed by atoms with E-state index in [2.05, 4.69) is 46.7 Å². The molecule has 0 spiro atoms. The second-order valence-electron chi connectivity index (χ2n) is 8.61. The molecule has 0 aliphatic heterocycles. The first kappa shape index (κ1) is 23.4. The number of para-hydroxylation sites is 1. The summed E-state index contributed by atoms with van der Waals surface area (Å²) in [5.74, 6) is 1.41. The van der Waals surface area contributed by atoms with Crippen molar-refractivity contribution in [2.75, 3.05) is 13.2 Å². The molecule has 0 saturated carbocycles.